The second-order valence-corrected chi connectivity index (χ2v) is 9.01. The average molecular weight is 437 g/mol. The topological polar surface area (TPSA) is 99.7 Å². The van der Waals surface area contributed by atoms with E-state index < -0.39 is 40.2 Å². The van der Waals surface area contributed by atoms with Gasteiger partial charge in [0.15, 0.2) is 0 Å². The first-order chi connectivity index (χ1) is 14.1. The molecule has 8 nitrogen and oxygen atoms in total. The van der Waals surface area contributed by atoms with Crippen LogP contribution < -0.4 is 5.32 Å². The summed E-state index contributed by atoms with van der Waals surface area (Å²) in [5.41, 5.74) is 1.46. The number of rotatable bonds is 9. The Bertz CT molecular complexity index is 968. The van der Waals surface area contributed by atoms with E-state index in [0.29, 0.717) is 5.56 Å². The molecule has 1 aromatic heterocycles. The highest BCUT2D eigenvalue weighted by Crippen LogP contribution is 2.12. The van der Waals surface area contributed by atoms with Crippen molar-refractivity contribution in [3.63, 3.8) is 0 Å². The van der Waals surface area contributed by atoms with Gasteiger partial charge in [-0.25, -0.2) is 12.8 Å². The number of likely N-dealkylation sites (N-methyl/N-ethyl adjacent to an activating group) is 1. The molecule has 2 aromatic rings. The summed E-state index contributed by atoms with van der Waals surface area (Å²) in [6.07, 6.45) is 4.21. The average Bonchev–Trinajstić information content (AvgIpc) is 2.71. The third kappa shape index (κ3) is 6.89. The largest absolute Gasteiger partial charge is 0.350 e. The molecule has 2 rings (SSSR count). The lowest BCUT2D eigenvalue weighted by Crippen LogP contribution is -2.50. The Morgan fingerprint density at radius 3 is 2.27 bits per heavy atom. The van der Waals surface area contributed by atoms with Gasteiger partial charge in [-0.2, -0.15) is 4.31 Å². The van der Waals surface area contributed by atoms with Crippen LogP contribution in [0.3, 0.4) is 0 Å². The van der Waals surface area contributed by atoms with Crippen LogP contribution in [0.25, 0.3) is 0 Å². The number of nitrogens with one attached hydrogen (secondary N) is 1. The van der Waals surface area contributed by atoms with Crippen molar-refractivity contribution >= 4 is 21.8 Å². The Balaban J connectivity index is 2.16. The third-order valence-corrected chi connectivity index (χ3v) is 5.84. The predicted octanol–water partition coefficient (Wildman–Crippen LogP) is 1.15. The fourth-order valence-corrected chi connectivity index (χ4v) is 2.95. The van der Waals surface area contributed by atoms with Gasteiger partial charge in [0, 0.05) is 32.5 Å². The van der Waals surface area contributed by atoms with Gasteiger partial charge in [0.2, 0.25) is 21.8 Å². The molecular formula is C20H25FN4O4S. The van der Waals surface area contributed by atoms with Crippen LogP contribution >= 0.6 is 0 Å². The maximum absolute atomic E-state index is 13.2. The zero-order valence-electron chi connectivity index (χ0n) is 17.1. The van der Waals surface area contributed by atoms with Crippen LogP contribution in [-0.4, -0.2) is 60.3 Å². The molecule has 0 fully saturated rings. The van der Waals surface area contributed by atoms with Crippen LogP contribution in [-0.2, 0) is 32.7 Å². The highest BCUT2D eigenvalue weighted by molar-refractivity contribution is 7.88. The minimum atomic E-state index is -3.57. The number of amides is 2. The molecule has 0 bridgehead atoms. The number of halogens is 1. The molecular weight excluding hydrogens is 411 g/mol. The number of benzene rings is 1. The van der Waals surface area contributed by atoms with E-state index in [-0.39, 0.29) is 13.1 Å². The zero-order chi connectivity index (χ0) is 22.3. The molecule has 30 heavy (non-hydrogen) atoms. The first-order valence-electron chi connectivity index (χ1n) is 9.19. The third-order valence-electron chi connectivity index (χ3n) is 4.57. The van der Waals surface area contributed by atoms with Gasteiger partial charge < -0.3 is 10.2 Å². The fraction of sp³-hybridized carbons (Fsp3) is 0.350. The molecule has 0 aliphatic rings. The van der Waals surface area contributed by atoms with Crippen molar-refractivity contribution in [1.29, 1.82) is 0 Å². The summed E-state index contributed by atoms with van der Waals surface area (Å²) in [6, 6.07) is 8.18. The summed E-state index contributed by atoms with van der Waals surface area (Å²) < 4.78 is 37.5. The Hall–Kier alpha value is -2.85. The molecule has 1 unspecified atom stereocenters. The SMILES string of the molecule is CC(C(=O)NCc1ccncc1)N(Cc1ccc(F)cc1)C(=O)CN(C)S(C)(=O)=O. The summed E-state index contributed by atoms with van der Waals surface area (Å²) in [5.74, 6) is -1.36. The van der Waals surface area contributed by atoms with Gasteiger partial charge in [0.1, 0.15) is 11.9 Å². The van der Waals surface area contributed by atoms with Crippen LogP contribution in [0.4, 0.5) is 4.39 Å². The van der Waals surface area contributed by atoms with Crippen molar-refractivity contribution < 1.29 is 22.4 Å². The Labute approximate surface area is 175 Å². The van der Waals surface area contributed by atoms with Crippen LogP contribution in [0.2, 0.25) is 0 Å². The lowest BCUT2D eigenvalue weighted by molar-refractivity contribution is -0.140. The predicted molar refractivity (Wildman–Crippen MR) is 110 cm³/mol. The highest BCUT2D eigenvalue weighted by Gasteiger charge is 2.28. The molecule has 1 heterocycles. The summed E-state index contributed by atoms with van der Waals surface area (Å²) in [4.78, 5) is 30.7. The van der Waals surface area contributed by atoms with Crippen LogP contribution in [0.5, 0.6) is 0 Å². The second kappa shape index (κ2) is 10.3. The van der Waals surface area contributed by atoms with Gasteiger partial charge in [-0.3, -0.25) is 14.6 Å². The number of carbonyl (C=O) groups excluding carboxylic acids is 2. The van der Waals surface area contributed by atoms with Gasteiger partial charge in [0.05, 0.1) is 12.8 Å². The molecule has 0 aliphatic carbocycles. The Kier molecular flexibility index (Phi) is 8.01. The molecule has 0 saturated heterocycles. The maximum atomic E-state index is 13.2. The molecule has 10 heteroatoms. The maximum Gasteiger partial charge on any atom is 0.242 e. The Morgan fingerprint density at radius 2 is 1.70 bits per heavy atom. The van der Waals surface area contributed by atoms with Crippen molar-refractivity contribution in [2.45, 2.75) is 26.1 Å². The lowest BCUT2D eigenvalue weighted by atomic mass is 10.1. The van der Waals surface area contributed by atoms with Crippen LogP contribution in [0.1, 0.15) is 18.1 Å². The van der Waals surface area contributed by atoms with E-state index in [4.69, 9.17) is 0 Å². The molecule has 0 radical (unpaired) electrons. The Morgan fingerprint density at radius 1 is 1.10 bits per heavy atom. The van der Waals surface area contributed by atoms with Crippen molar-refractivity contribution in [3.05, 3.63) is 65.7 Å². The normalized spacial score (nSPS) is 12.4. The molecule has 1 N–H and O–H groups in total. The van der Waals surface area contributed by atoms with Crippen molar-refractivity contribution in [3.8, 4) is 0 Å². The van der Waals surface area contributed by atoms with E-state index in [1.165, 1.54) is 36.2 Å². The van der Waals surface area contributed by atoms with Crippen LogP contribution in [0, 0.1) is 5.82 Å². The van der Waals surface area contributed by atoms with E-state index in [2.05, 4.69) is 10.3 Å². The van der Waals surface area contributed by atoms with Crippen LogP contribution in [0.15, 0.2) is 48.8 Å². The number of hydrogen-bond donors (Lipinski definition) is 1. The van der Waals surface area contributed by atoms with Gasteiger partial charge in [0.25, 0.3) is 0 Å². The van der Waals surface area contributed by atoms with E-state index in [9.17, 15) is 22.4 Å². The first-order valence-corrected chi connectivity index (χ1v) is 11.0. The number of aromatic nitrogens is 1. The summed E-state index contributed by atoms with van der Waals surface area (Å²) in [5, 5.41) is 2.76. The number of nitrogens with zero attached hydrogens (tertiary/aromatic N) is 3. The summed E-state index contributed by atoms with van der Waals surface area (Å²) in [6.45, 7) is 1.43. The van der Waals surface area contributed by atoms with Crippen molar-refractivity contribution in [1.82, 2.24) is 19.5 Å². The summed E-state index contributed by atoms with van der Waals surface area (Å²) >= 11 is 0. The number of pyridine rings is 1. The van der Waals surface area contributed by atoms with Gasteiger partial charge in [-0.1, -0.05) is 12.1 Å². The number of carbonyl (C=O) groups is 2. The zero-order valence-corrected chi connectivity index (χ0v) is 17.9. The molecule has 2 amide bonds. The standard InChI is InChI=1S/C20H25FN4O4S/c1-15(20(27)23-12-16-8-10-22-11-9-16)25(13-17-4-6-18(21)7-5-17)19(26)14-24(2)30(3,28)29/h4-11,15H,12-14H2,1-3H3,(H,23,27). The monoisotopic (exact) mass is 436 g/mol. The van der Waals surface area contributed by atoms with Gasteiger partial charge in [-0.15, -0.1) is 0 Å². The molecule has 1 atom stereocenters. The summed E-state index contributed by atoms with van der Waals surface area (Å²) in [7, 11) is -2.28. The fourth-order valence-electron chi connectivity index (χ4n) is 2.61. The van der Waals surface area contributed by atoms with E-state index in [1.54, 1.807) is 31.5 Å². The quantitative estimate of drug-likeness (QED) is 0.636. The van der Waals surface area contributed by atoms with Gasteiger partial charge in [-0.05, 0) is 42.3 Å². The van der Waals surface area contributed by atoms with E-state index in [0.717, 1.165) is 16.1 Å². The first kappa shape index (κ1) is 23.4. The van der Waals surface area contributed by atoms with Crippen molar-refractivity contribution in [2.75, 3.05) is 19.8 Å². The smallest absolute Gasteiger partial charge is 0.242 e. The van der Waals surface area contributed by atoms with E-state index >= 15 is 0 Å². The molecule has 0 aliphatic heterocycles. The van der Waals surface area contributed by atoms with Gasteiger partial charge >= 0.3 is 0 Å². The lowest BCUT2D eigenvalue weighted by Gasteiger charge is -2.30. The number of hydrogen-bond acceptors (Lipinski definition) is 5. The molecule has 162 valence electrons. The minimum Gasteiger partial charge on any atom is -0.350 e. The molecule has 1 aromatic carbocycles. The van der Waals surface area contributed by atoms with Crippen molar-refractivity contribution in [2.24, 2.45) is 0 Å². The number of sulfonamides is 1. The molecule has 0 saturated carbocycles. The highest BCUT2D eigenvalue weighted by atomic mass is 32.2. The molecule has 0 spiro atoms. The second-order valence-electron chi connectivity index (χ2n) is 6.92. The van der Waals surface area contributed by atoms with E-state index in [1.807, 2.05) is 0 Å². The minimum absolute atomic E-state index is 0.0283.